The van der Waals surface area contributed by atoms with Gasteiger partial charge in [0.25, 0.3) is 0 Å². The lowest BCUT2D eigenvalue weighted by atomic mass is 9.66. The highest BCUT2D eigenvalue weighted by atomic mass is 16.5. The summed E-state index contributed by atoms with van der Waals surface area (Å²) in [6.45, 7) is 8.06. The minimum atomic E-state index is -1.24. The summed E-state index contributed by atoms with van der Waals surface area (Å²) in [4.78, 5) is 43.8. The van der Waals surface area contributed by atoms with Crippen LogP contribution in [0.3, 0.4) is 0 Å². The smallest absolute Gasteiger partial charge is 0.310 e. The van der Waals surface area contributed by atoms with Crippen molar-refractivity contribution in [1.29, 1.82) is 0 Å². The lowest BCUT2D eigenvalue weighted by molar-refractivity contribution is -0.158. The zero-order chi connectivity index (χ0) is 25.4. The average molecular weight is 485 g/mol. The first-order chi connectivity index (χ1) is 16.8. The highest BCUT2D eigenvalue weighted by molar-refractivity contribution is 5.98. The van der Waals surface area contributed by atoms with Crippen molar-refractivity contribution >= 4 is 17.8 Å². The number of nitrogens with zero attached hydrogens (tertiary/aromatic N) is 2. The van der Waals surface area contributed by atoms with Gasteiger partial charge < -0.3 is 24.7 Å². The third-order valence-corrected chi connectivity index (χ3v) is 8.10. The van der Waals surface area contributed by atoms with E-state index in [1.54, 1.807) is 30.0 Å². The normalized spacial score (nSPS) is 31.9. The Morgan fingerprint density at radius 3 is 2.60 bits per heavy atom. The van der Waals surface area contributed by atoms with Gasteiger partial charge in [-0.2, -0.15) is 0 Å². The summed E-state index contributed by atoms with van der Waals surface area (Å²) < 4.78 is 6.47. The Morgan fingerprint density at radius 2 is 2.00 bits per heavy atom. The fourth-order valence-electron chi connectivity index (χ4n) is 6.56. The largest absolute Gasteiger partial charge is 0.481 e. The maximum Gasteiger partial charge on any atom is 0.310 e. The first kappa shape index (κ1) is 25.4. The molecule has 0 aliphatic carbocycles. The Bertz CT molecular complexity index is 983. The number of carboxylic acids is 1. The molecule has 3 heterocycles. The number of carboxylic acid groups (broad SMARTS) is 1. The number of hydrogen-bond acceptors (Lipinski definition) is 5. The number of rotatable bonds is 11. The molecule has 3 saturated heterocycles. The van der Waals surface area contributed by atoms with Crippen LogP contribution in [0.25, 0.3) is 0 Å². The van der Waals surface area contributed by atoms with Crippen LogP contribution in [0.1, 0.15) is 57.6 Å². The van der Waals surface area contributed by atoms with E-state index in [-0.39, 0.29) is 5.91 Å². The first-order valence-corrected chi connectivity index (χ1v) is 12.6. The van der Waals surface area contributed by atoms with Gasteiger partial charge in [-0.05, 0) is 31.7 Å². The molecule has 0 saturated carbocycles. The Balaban J connectivity index is 1.82. The monoisotopic (exact) mass is 484 g/mol. The van der Waals surface area contributed by atoms with Crippen molar-refractivity contribution < 1.29 is 29.3 Å². The van der Waals surface area contributed by atoms with Gasteiger partial charge >= 0.3 is 5.97 Å². The predicted octanol–water partition coefficient (Wildman–Crippen LogP) is 2.77. The van der Waals surface area contributed by atoms with Crippen molar-refractivity contribution in [2.75, 3.05) is 19.7 Å². The van der Waals surface area contributed by atoms with Crippen LogP contribution >= 0.6 is 0 Å². The van der Waals surface area contributed by atoms with E-state index in [4.69, 9.17) is 4.74 Å². The van der Waals surface area contributed by atoms with Crippen LogP contribution in [0.15, 0.2) is 43.0 Å². The fourth-order valence-corrected chi connectivity index (χ4v) is 6.56. The molecular weight excluding hydrogens is 448 g/mol. The summed E-state index contributed by atoms with van der Waals surface area (Å²) in [5.41, 5.74) is -1.56. The second-order valence-corrected chi connectivity index (χ2v) is 10.2. The summed E-state index contributed by atoms with van der Waals surface area (Å²) in [7, 11) is 0. The van der Waals surface area contributed by atoms with Gasteiger partial charge in [-0.25, -0.2) is 0 Å². The molecule has 4 rings (SSSR count). The molecule has 1 aromatic rings. The van der Waals surface area contributed by atoms with E-state index in [0.29, 0.717) is 31.5 Å². The number of carbonyl (C=O) groups is 3. The molecule has 2 bridgehead atoms. The van der Waals surface area contributed by atoms with Gasteiger partial charge in [0.15, 0.2) is 0 Å². The second kappa shape index (κ2) is 9.74. The topological polar surface area (TPSA) is 107 Å². The number of likely N-dealkylation sites (tertiary alicyclic amines) is 1. The van der Waals surface area contributed by atoms with Crippen molar-refractivity contribution in [2.45, 2.75) is 69.2 Å². The quantitative estimate of drug-likeness (QED) is 0.369. The van der Waals surface area contributed by atoms with Crippen LogP contribution in [0.2, 0.25) is 0 Å². The summed E-state index contributed by atoms with van der Waals surface area (Å²) >= 11 is 0. The highest BCUT2D eigenvalue weighted by Crippen LogP contribution is 2.64. The van der Waals surface area contributed by atoms with Crippen LogP contribution in [-0.4, -0.2) is 74.7 Å². The molecule has 6 atom stereocenters. The minimum Gasteiger partial charge on any atom is -0.481 e. The lowest BCUT2D eigenvalue weighted by Gasteiger charge is -2.39. The molecule has 35 heavy (non-hydrogen) atoms. The Kier molecular flexibility index (Phi) is 7.06. The molecule has 2 amide bonds. The number of benzene rings is 1. The van der Waals surface area contributed by atoms with Crippen molar-refractivity contribution in [3.63, 3.8) is 0 Å². The number of hydrogen-bond donors (Lipinski definition) is 2. The van der Waals surface area contributed by atoms with Crippen LogP contribution in [0.5, 0.6) is 0 Å². The maximum atomic E-state index is 14.2. The molecule has 2 N–H and O–H groups in total. The number of unbranched alkanes of at least 4 members (excludes halogenated alkanes) is 2. The first-order valence-electron chi connectivity index (χ1n) is 12.6. The molecule has 1 spiro atoms. The molecule has 0 aromatic heterocycles. The summed E-state index contributed by atoms with van der Waals surface area (Å²) in [5.74, 6) is -3.83. The van der Waals surface area contributed by atoms with Gasteiger partial charge in [0, 0.05) is 13.1 Å². The zero-order valence-corrected chi connectivity index (χ0v) is 20.6. The molecule has 8 nitrogen and oxygen atoms in total. The SMILES string of the molecule is C=CCN(CCCCC)C(=O)C1N([C@H](CO)c2ccccc2)C(=O)[C@@H]2[C@H](C(=O)O)[C@]3(C)CCC12O3. The van der Waals surface area contributed by atoms with E-state index in [9.17, 15) is 24.6 Å². The van der Waals surface area contributed by atoms with E-state index < -0.39 is 53.6 Å². The summed E-state index contributed by atoms with van der Waals surface area (Å²) in [6.07, 6.45) is 5.30. The third-order valence-electron chi connectivity index (χ3n) is 8.10. The molecule has 2 unspecified atom stereocenters. The second-order valence-electron chi connectivity index (χ2n) is 10.2. The molecule has 3 fully saturated rings. The Hall–Kier alpha value is -2.71. The van der Waals surface area contributed by atoms with Gasteiger partial charge in [-0.3, -0.25) is 14.4 Å². The average Bonchev–Trinajstić information content (AvgIpc) is 3.41. The third kappa shape index (κ3) is 3.96. The maximum absolute atomic E-state index is 14.2. The fraction of sp³-hybridized carbons (Fsp3) is 0.593. The van der Waals surface area contributed by atoms with Crippen LogP contribution < -0.4 is 0 Å². The van der Waals surface area contributed by atoms with Gasteiger partial charge in [-0.1, -0.05) is 56.2 Å². The van der Waals surface area contributed by atoms with Crippen LogP contribution in [0, 0.1) is 11.8 Å². The number of fused-ring (bicyclic) bond motifs is 1. The van der Waals surface area contributed by atoms with E-state index in [0.717, 1.165) is 19.3 Å². The number of carbonyl (C=O) groups excluding carboxylic acids is 2. The lowest BCUT2D eigenvalue weighted by Crippen LogP contribution is -2.57. The number of aliphatic hydroxyl groups is 1. The van der Waals surface area contributed by atoms with Gasteiger partial charge in [0.1, 0.15) is 11.6 Å². The number of ether oxygens (including phenoxy) is 1. The zero-order valence-electron chi connectivity index (χ0n) is 20.6. The van der Waals surface area contributed by atoms with Crippen LogP contribution in [0.4, 0.5) is 0 Å². The summed E-state index contributed by atoms with van der Waals surface area (Å²) in [5, 5.41) is 20.6. The standard InChI is InChI=1S/C27H36N2O6/c1-4-6-10-16-28(15-5-2)24(32)22-27-14-13-26(3,35-27)21(25(33)34)20(27)23(31)29(22)19(17-30)18-11-8-7-9-12-18/h5,7-9,11-12,19-22,30H,2,4,6,10,13-17H2,1,3H3,(H,33,34)/t19-,20+,21-,22?,26+,27?/m1/s1. The van der Waals surface area contributed by atoms with Gasteiger partial charge in [0.05, 0.1) is 30.1 Å². The molecular formula is C27H36N2O6. The number of aliphatic carboxylic acids is 1. The number of aliphatic hydroxyl groups excluding tert-OH is 1. The van der Waals surface area contributed by atoms with Gasteiger partial charge in [0.2, 0.25) is 11.8 Å². The van der Waals surface area contributed by atoms with E-state index >= 15 is 0 Å². The molecule has 8 heteroatoms. The van der Waals surface area contributed by atoms with Gasteiger partial charge in [-0.15, -0.1) is 6.58 Å². The van der Waals surface area contributed by atoms with Crippen molar-refractivity contribution in [1.82, 2.24) is 9.80 Å². The Labute approximate surface area is 206 Å². The van der Waals surface area contributed by atoms with Crippen molar-refractivity contribution in [2.24, 2.45) is 11.8 Å². The van der Waals surface area contributed by atoms with E-state index in [1.165, 1.54) is 4.90 Å². The molecule has 3 aliphatic rings. The number of amides is 2. The minimum absolute atomic E-state index is 0.276. The molecule has 1 aromatic carbocycles. The van der Waals surface area contributed by atoms with Crippen molar-refractivity contribution in [3.8, 4) is 0 Å². The van der Waals surface area contributed by atoms with Crippen LogP contribution in [-0.2, 0) is 19.1 Å². The molecule has 190 valence electrons. The Morgan fingerprint density at radius 1 is 1.29 bits per heavy atom. The highest BCUT2D eigenvalue weighted by Gasteiger charge is 2.78. The molecule has 0 radical (unpaired) electrons. The summed E-state index contributed by atoms with van der Waals surface area (Å²) in [6, 6.07) is 7.26. The van der Waals surface area contributed by atoms with Crippen molar-refractivity contribution in [3.05, 3.63) is 48.6 Å². The molecule has 3 aliphatic heterocycles. The van der Waals surface area contributed by atoms with E-state index in [2.05, 4.69) is 13.5 Å². The predicted molar refractivity (Wildman–Crippen MR) is 129 cm³/mol. The van der Waals surface area contributed by atoms with E-state index in [1.807, 2.05) is 18.2 Å².